The minimum Gasteiger partial charge on any atom is -0.388 e. The molecule has 2 unspecified atom stereocenters. The lowest BCUT2D eigenvalue weighted by Crippen LogP contribution is -2.52. The van der Waals surface area contributed by atoms with Crippen molar-refractivity contribution in [1.82, 2.24) is 0 Å². The molecule has 0 aliphatic carbocycles. The van der Waals surface area contributed by atoms with Gasteiger partial charge in [0.05, 0.1) is 13.2 Å². The Morgan fingerprint density at radius 1 is 0.786 bits per heavy atom. The van der Waals surface area contributed by atoms with Gasteiger partial charge in [0, 0.05) is 21.2 Å². The number of hydrogen-bond donors (Lipinski definition) is 2. The van der Waals surface area contributed by atoms with E-state index in [0.29, 0.717) is 10.0 Å². The second-order valence-electron chi connectivity index (χ2n) is 6.77. The fourth-order valence-electron chi connectivity index (χ4n) is 3.26. The number of benzene rings is 2. The molecule has 4 rings (SSSR count). The zero-order valence-corrected chi connectivity index (χ0v) is 16.3. The third-order valence-electron chi connectivity index (χ3n) is 4.79. The van der Waals surface area contributed by atoms with Gasteiger partial charge in [-0.1, -0.05) is 47.5 Å². The van der Waals surface area contributed by atoms with E-state index in [1.165, 1.54) is 0 Å². The molecule has 2 aliphatic heterocycles. The van der Waals surface area contributed by atoms with Crippen molar-refractivity contribution < 1.29 is 29.2 Å². The Morgan fingerprint density at radius 2 is 1.29 bits per heavy atom. The minimum absolute atomic E-state index is 0.0310. The third kappa shape index (κ3) is 4.35. The topological polar surface area (TPSA) is 77.4 Å². The molecule has 0 radical (unpaired) electrons. The van der Waals surface area contributed by atoms with E-state index >= 15 is 0 Å². The molecule has 0 spiro atoms. The molecule has 0 bridgehead atoms. The maximum Gasteiger partial charge on any atom is 0.184 e. The quantitative estimate of drug-likeness (QED) is 0.781. The summed E-state index contributed by atoms with van der Waals surface area (Å²) >= 11 is 11.8. The van der Waals surface area contributed by atoms with Gasteiger partial charge in [-0.2, -0.15) is 0 Å². The molecule has 28 heavy (non-hydrogen) atoms. The van der Waals surface area contributed by atoms with Gasteiger partial charge in [-0.25, -0.2) is 0 Å². The highest BCUT2D eigenvalue weighted by molar-refractivity contribution is 6.30. The Balaban J connectivity index is 1.42. The van der Waals surface area contributed by atoms with Crippen molar-refractivity contribution in [3.8, 4) is 0 Å². The summed E-state index contributed by atoms with van der Waals surface area (Å²) in [5.74, 6) is 0. The van der Waals surface area contributed by atoms with Crippen LogP contribution >= 0.6 is 23.2 Å². The molecule has 2 aromatic rings. The normalized spacial score (nSPS) is 31.6. The number of aliphatic hydroxyl groups is 2. The third-order valence-corrected chi connectivity index (χ3v) is 5.29. The van der Waals surface area contributed by atoms with E-state index in [9.17, 15) is 10.2 Å². The van der Waals surface area contributed by atoms with Gasteiger partial charge in [-0.3, -0.25) is 0 Å². The monoisotopic (exact) mass is 426 g/mol. The number of rotatable bonds is 4. The zero-order valence-electron chi connectivity index (χ0n) is 14.8. The van der Waals surface area contributed by atoms with Gasteiger partial charge in [0.25, 0.3) is 0 Å². The molecule has 2 aromatic carbocycles. The standard InChI is InChI=1S/C20H20Cl2O6/c21-13-5-1-11(2-6-13)19-26-10-16(27-19)17(24)18-15(23)9-25-20(28-18)12-3-7-14(22)8-4-12/h1-8,15-20,23-24H,9-10H2/t15-,16+,17+,18+,19?,20?/m0/s1. The highest BCUT2D eigenvalue weighted by Gasteiger charge is 2.43. The minimum atomic E-state index is -1.09. The predicted octanol–water partition coefficient (Wildman–Crippen LogP) is 3.24. The van der Waals surface area contributed by atoms with Crippen molar-refractivity contribution in [3.63, 3.8) is 0 Å². The van der Waals surface area contributed by atoms with E-state index in [2.05, 4.69) is 0 Å². The van der Waals surface area contributed by atoms with Crippen LogP contribution in [0.2, 0.25) is 10.0 Å². The Labute approximate surface area is 172 Å². The van der Waals surface area contributed by atoms with Crippen LogP contribution in [0.3, 0.4) is 0 Å². The molecule has 2 N–H and O–H groups in total. The Morgan fingerprint density at radius 3 is 1.86 bits per heavy atom. The van der Waals surface area contributed by atoms with Crippen LogP contribution in [0.5, 0.6) is 0 Å². The second-order valence-corrected chi connectivity index (χ2v) is 7.64. The Hall–Kier alpha value is -1.22. The Bertz CT molecular complexity index is 784. The van der Waals surface area contributed by atoms with Crippen LogP contribution in [0.15, 0.2) is 48.5 Å². The first-order valence-electron chi connectivity index (χ1n) is 8.92. The summed E-state index contributed by atoms with van der Waals surface area (Å²) in [4.78, 5) is 0. The zero-order chi connectivity index (χ0) is 19.7. The first-order valence-corrected chi connectivity index (χ1v) is 9.68. The lowest BCUT2D eigenvalue weighted by atomic mass is 10.0. The molecule has 6 atom stereocenters. The molecule has 2 saturated heterocycles. The first-order chi connectivity index (χ1) is 13.5. The molecule has 2 heterocycles. The number of aliphatic hydroxyl groups excluding tert-OH is 2. The van der Waals surface area contributed by atoms with Gasteiger partial charge in [0.2, 0.25) is 0 Å². The van der Waals surface area contributed by atoms with Crippen LogP contribution in [0.1, 0.15) is 23.7 Å². The van der Waals surface area contributed by atoms with Crippen molar-refractivity contribution in [2.45, 2.75) is 37.0 Å². The molecule has 2 fully saturated rings. The van der Waals surface area contributed by atoms with E-state index in [0.717, 1.165) is 11.1 Å². The van der Waals surface area contributed by atoms with Crippen molar-refractivity contribution in [3.05, 3.63) is 69.7 Å². The van der Waals surface area contributed by atoms with Gasteiger partial charge in [-0.15, -0.1) is 0 Å². The van der Waals surface area contributed by atoms with Crippen LogP contribution in [-0.4, -0.2) is 47.8 Å². The highest BCUT2D eigenvalue weighted by Crippen LogP contribution is 2.34. The largest absolute Gasteiger partial charge is 0.388 e. The molecule has 8 heteroatoms. The van der Waals surface area contributed by atoms with Gasteiger partial charge in [-0.05, 0) is 24.3 Å². The van der Waals surface area contributed by atoms with Gasteiger partial charge < -0.3 is 29.2 Å². The highest BCUT2D eigenvalue weighted by atomic mass is 35.5. The van der Waals surface area contributed by atoms with Crippen molar-refractivity contribution in [1.29, 1.82) is 0 Å². The maximum atomic E-state index is 10.8. The Kier molecular flexibility index (Phi) is 6.20. The van der Waals surface area contributed by atoms with Crippen LogP contribution in [-0.2, 0) is 18.9 Å². The maximum absolute atomic E-state index is 10.8. The van der Waals surface area contributed by atoms with Crippen LogP contribution < -0.4 is 0 Å². The fourth-order valence-corrected chi connectivity index (χ4v) is 3.51. The van der Waals surface area contributed by atoms with Crippen LogP contribution in [0, 0.1) is 0 Å². The van der Waals surface area contributed by atoms with E-state index < -0.39 is 37.0 Å². The molecular formula is C20H20Cl2O6. The van der Waals surface area contributed by atoms with Gasteiger partial charge in [0.15, 0.2) is 12.6 Å². The average Bonchev–Trinajstić information content (AvgIpc) is 3.19. The molecule has 150 valence electrons. The van der Waals surface area contributed by atoms with Crippen molar-refractivity contribution >= 4 is 23.2 Å². The fraction of sp³-hybridized carbons (Fsp3) is 0.400. The van der Waals surface area contributed by atoms with Crippen molar-refractivity contribution in [2.75, 3.05) is 13.2 Å². The number of ether oxygens (including phenoxy) is 4. The lowest BCUT2D eigenvalue weighted by Gasteiger charge is -2.37. The van der Waals surface area contributed by atoms with E-state index in [-0.39, 0.29) is 13.2 Å². The molecule has 0 amide bonds. The summed E-state index contributed by atoms with van der Waals surface area (Å²) in [7, 11) is 0. The average molecular weight is 427 g/mol. The lowest BCUT2D eigenvalue weighted by molar-refractivity contribution is -0.283. The SMILES string of the molecule is O[C@@H]([C@@H]1OC(c2ccc(Cl)cc2)OC[C@@H]1O)[C@H]1COC(c2ccc(Cl)cc2)O1. The summed E-state index contributed by atoms with van der Waals surface area (Å²) in [6.45, 7) is 0.205. The van der Waals surface area contributed by atoms with E-state index in [4.69, 9.17) is 42.1 Å². The molecule has 6 nitrogen and oxygen atoms in total. The van der Waals surface area contributed by atoms with E-state index in [1.54, 1.807) is 48.5 Å². The molecule has 0 saturated carbocycles. The smallest absolute Gasteiger partial charge is 0.184 e. The van der Waals surface area contributed by atoms with Crippen LogP contribution in [0.25, 0.3) is 0 Å². The summed E-state index contributed by atoms with van der Waals surface area (Å²) in [6, 6.07) is 14.1. The predicted molar refractivity (Wildman–Crippen MR) is 102 cm³/mol. The summed E-state index contributed by atoms with van der Waals surface area (Å²) in [5, 5.41) is 22.3. The second kappa shape index (κ2) is 8.65. The first kappa shape index (κ1) is 20.1. The van der Waals surface area contributed by atoms with E-state index in [1.807, 2.05) is 0 Å². The van der Waals surface area contributed by atoms with Crippen LogP contribution in [0.4, 0.5) is 0 Å². The number of hydrogen-bond acceptors (Lipinski definition) is 6. The summed E-state index contributed by atoms with van der Waals surface area (Å²) < 4.78 is 22.9. The van der Waals surface area contributed by atoms with Gasteiger partial charge >= 0.3 is 0 Å². The number of halogens is 2. The summed E-state index contributed by atoms with van der Waals surface area (Å²) in [6.07, 6.45) is -4.94. The van der Waals surface area contributed by atoms with Crippen molar-refractivity contribution in [2.24, 2.45) is 0 Å². The molecule has 2 aliphatic rings. The molecular weight excluding hydrogens is 407 g/mol. The van der Waals surface area contributed by atoms with Gasteiger partial charge in [0.1, 0.15) is 24.4 Å². The summed E-state index contributed by atoms with van der Waals surface area (Å²) in [5.41, 5.74) is 1.54. The molecule has 0 aromatic heterocycles.